The quantitative estimate of drug-likeness (QED) is 0.837. The topological polar surface area (TPSA) is 50.2 Å². The summed E-state index contributed by atoms with van der Waals surface area (Å²) in [6, 6.07) is 0. The van der Waals surface area contributed by atoms with Crippen LogP contribution in [0.2, 0.25) is 0 Å². The summed E-state index contributed by atoms with van der Waals surface area (Å²) in [5, 5.41) is 8.64. The van der Waals surface area contributed by atoms with E-state index in [1.165, 1.54) is 6.92 Å². The SMILES string of the molecule is Cc1c(Br)ncc(C(=O)O)c1C(F)F. The van der Waals surface area contributed by atoms with Crippen LogP contribution in [-0.2, 0) is 0 Å². The molecule has 1 aromatic heterocycles. The molecule has 0 saturated carbocycles. The van der Waals surface area contributed by atoms with Crippen molar-refractivity contribution in [3.8, 4) is 0 Å². The largest absolute Gasteiger partial charge is 0.478 e. The zero-order valence-electron chi connectivity index (χ0n) is 7.09. The van der Waals surface area contributed by atoms with E-state index in [-0.39, 0.29) is 10.2 Å². The van der Waals surface area contributed by atoms with Crippen molar-refractivity contribution in [3.63, 3.8) is 0 Å². The van der Waals surface area contributed by atoms with E-state index < -0.39 is 23.5 Å². The number of aromatic carboxylic acids is 1. The van der Waals surface area contributed by atoms with Crippen LogP contribution in [0.4, 0.5) is 8.78 Å². The summed E-state index contributed by atoms with van der Waals surface area (Å²) in [4.78, 5) is 14.2. The molecule has 0 aliphatic heterocycles. The Morgan fingerprint density at radius 1 is 1.64 bits per heavy atom. The highest BCUT2D eigenvalue weighted by Gasteiger charge is 2.22. The van der Waals surface area contributed by atoms with Gasteiger partial charge < -0.3 is 5.11 Å². The van der Waals surface area contributed by atoms with Gasteiger partial charge in [-0.1, -0.05) is 0 Å². The third-order valence-electron chi connectivity index (χ3n) is 1.76. The minimum absolute atomic E-state index is 0.153. The third kappa shape index (κ3) is 1.89. The fraction of sp³-hybridized carbons (Fsp3) is 0.250. The zero-order valence-corrected chi connectivity index (χ0v) is 8.68. The first kappa shape index (κ1) is 11.0. The number of pyridine rings is 1. The lowest BCUT2D eigenvalue weighted by Gasteiger charge is -2.09. The number of carboxylic acid groups (broad SMARTS) is 1. The van der Waals surface area contributed by atoms with Gasteiger partial charge in [0.15, 0.2) is 0 Å². The first-order valence-corrected chi connectivity index (χ1v) is 4.41. The number of aromatic nitrogens is 1. The van der Waals surface area contributed by atoms with Crippen LogP contribution >= 0.6 is 15.9 Å². The van der Waals surface area contributed by atoms with Crippen LogP contribution < -0.4 is 0 Å². The number of carboxylic acids is 1. The van der Waals surface area contributed by atoms with Crippen LogP contribution in [0.15, 0.2) is 10.8 Å². The highest BCUT2D eigenvalue weighted by molar-refractivity contribution is 9.10. The maximum Gasteiger partial charge on any atom is 0.337 e. The van der Waals surface area contributed by atoms with E-state index in [2.05, 4.69) is 20.9 Å². The zero-order chi connectivity index (χ0) is 10.9. The van der Waals surface area contributed by atoms with Crippen LogP contribution in [0.5, 0.6) is 0 Å². The van der Waals surface area contributed by atoms with Crippen molar-refractivity contribution in [3.05, 3.63) is 27.5 Å². The summed E-state index contributed by atoms with van der Waals surface area (Å²) in [5.74, 6) is -1.40. The van der Waals surface area contributed by atoms with Crippen LogP contribution in [0, 0.1) is 6.92 Å². The number of halogens is 3. The van der Waals surface area contributed by atoms with Gasteiger partial charge in [-0.2, -0.15) is 0 Å². The van der Waals surface area contributed by atoms with Gasteiger partial charge >= 0.3 is 5.97 Å². The molecule has 3 nitrogen and oxygen atoms in total. The molecule has 0 saturated heterocycles. The van der Waals surface area contributed by atoms with Crippen molar-refractivity contribution in [1.29, 1.82) is 0 Å². The predicted molar refractivity (Wildman–Crippen MR) is 48.6 cm³/mol. The summed E-state index contributed by atoms with van der Waals surface area (Å²) in [6.45, 7) is 1.39. The first-order chi connectivity index (χ1) is 6.45. The number of carbonyl (C=O) groups is 1. The number of hydrogen-bond donors (Lipinski definition) is 1. The lowest BCUT2D eigenvalue weighted by Crippen LogP contribution is -2.06. The van der Waals surface area contributed by atoms with E-state index in [0.717, 1.165) is 6.20 Å². The fourth-order valence-corrected chi connectivity index (χ4v) is 1.37. The molecule has 0 atom stereocenters. The van der Waals surface area contributed by atoms with Crippen molar-refractivity contribution in [2.75, 3.05) is 0 Å². The number of nitrogens with zero attached hydrogens (tertiary/aromatic N) is 1. The molecule has 0 radical (unpaired) electrons. The van der Waals surface area contributed by atoms with E-state index in [0.29, 0.717) is 0 Å². The van der Waals surface area contributed by atoms with Gasteiger partial charge in [0.2, 0.25) is 0 Å². The lowest BCUT2D eigenvalue weighted by molar-refractivity contribution is 0.0683. The molecular formula is C8H6BrF2NO2. The van der Waals surface area contributed by atoms with Gasteiger partial charge in [0.05, 0.1) is 5.56 Å². The van der Waals surface area contributed by atoms with Crippen LogP contribution in [-0.4, -0.2) is 16.1 Å². The minimum atomic E-state index is -2.82. The van der Waals surface area contributed by atoms with Gasteiger partial charge in [0, 0.05) is 11.8 Å². The van der Waals surface area contributed by atoms with E-state index in [9.17, 15) is 13.6 Å². The van der Waals surface area contributed by atoms with Crippen molar-refractivity contribution >= 4 is 21.9 Å². The molecule has 1 aromatic rings. The normalized spacial score (nSPS) is 10.6. The van der Waals surface area contributed by atoms with E-state index in [4.69, 9.17) is 5.11 Å². The summed E-state index contributed by atoms with van der Waals surface area (Å²) >= 11 is 2.96. The monoisotopic (exact) mass is 265 g/mol. The Balaban J connectivity index is 3.45. The Morgan fingerprint density at radius 3 is 2.64 bits per heavy atom. The second-order valence-corrected chi connectivity index (χ2v) is 3.36. The molecule has 0 unspecified atom stereocenters. The molecular weight excluding hydrogens is 260 g/mol. The maximum absolute atomic E-state index is 12.5. The molecule has 0 aliphatic carbocycles. The molecule has 0 spiro atoms. The number of hydrogen-bond acceptors (Lipinski definition) is 2. The molecule has 0 bridgehead atoms. The molecule has 0 aromatic carbocycles. The Labute approximate surface area is 86.9 Å². The Morgan fingerprint density at radius 2 is 2.21 bits per heavy atom. The number of alkyl halides is 2. The van der Waals surface area contributed by atoms with Gasteiger partial charge in [-0.15, -0.1) is 0 Å². The van der Waals surface area contributed by atoms with Crippen molar-refractivity contribution < 1.29 is 18.7 Å². The van der Waals surface area contributed by atoms with Gasteiger partial charge in [0.25, 0.3) is 6.43 Å². The second kappa shape index (κ2) is 4.00. The molecule has 1 rings (SSSR count). The molecule has 14 heavy (non-hydrogen) atoms. The van der Waals surface area contributed by atoms with Crippen molar-refractivity contribution in [2.45, 2.75) is 13.3 Å². The Bertz CT molecular complexity index is 382. The summed E-state index contributed by atoms with van der Waals surface area (Å²) in [5.41, 5.74) is -0.792. The number of rotatable bonds is 2. The molecule has 0 fully saturated rings. The molecule has 0 aliphatic rings. The molecule has 76 valence electrons. The predicted octanol–water partition coefficient (Wildman–Crippen LogP) is 2.79. The van der Waals surface area contributed by atoms with Gasteiger partial charge in [-0.3, -0.25) is 0 Å². The van der Waals surface area contributed by atoms with E-state index in [1.54, 1.807) is 0 Å². The van der Waals surface area contributed by atoms with Crippen molar-refractivity contribution in [1.82, 2.24) is 4.98 Å². The summed E-state index contributed by atoms with van der Waals surface area (Å²) in [6.07, 6.45) is -1.90. The molecule has 1 N–H and O–H groups in total. The first-order valence-electron chi connectivity index (χ1n) is 3.61. The van der Waals surface area contributed by atoms with Gasteiger partial charge in [-0.25, -0.2) is 18.6 Å². The Kier molecular flexibility index (Phi) is 3.15. The van der Waals surface area contributed by atoms with Crippen LogP contribution in [0.1, 0.15) is 27.9 Å². The van der Waals surface area contributed by atoms with Gasteiger partial charge in [0.1, 0.15) is 4.60 Å². The summed E-state index contributed by atoms with van der Waals surface area (Å²) in [7, 11) is 0. The standard InChI is InChI=1S/C8H6BrF2NO2/c1-3-5(7(10)11)4(8(13)14)2-12-6(3)9/h2,7H,1H3,(H,13,14). The maximum atomic E-state index is 12.5. The molecule has 6 heteroatoms. The van der Waals surface area contributed by atoms with Crippen LogP contribution in [0.3, 0.4) is 0 Å². The van der Waals surface area contributed by atoms with Crippen molar-refractivity contribution in [2.24, 2.45) is 0 Å². The molecule has 1 heterocycles. The fourth-order valence-electron chi connectivity index (χ4n) is 1.05. The van der Waals surface area contributed by atoms with E-state index >= 15 is 0 Å². The Hall–Kier alpha value is -1.04. The van der Waals surface area contributed by atoms with E-state index in [1.807, 2.05) is 0 Å². The highest BCUT2D eigenvalue weighted by Crippen LogP contribution is 2.29. The third-order valence-corrected chi connectivity index (χ3v) is 2.56. The highest BCUT2D eigenvalue weighted by atomic mass is 79.9. The van der Waals surface area contributed by atoms with Gasteiger partial charge in [-0.05, 0) is 28.4 Å². The average molecular weight is 266 g/mol. The van der Waals surface area contributed by atoms with Crippen LogP contribution in [0.25, 0.3) is 0 Å². The second-order valence-electron chi connectivity index (χ2n) is 2.61. The minimum Gasteiger partial charge on any atom is -0.478 e. The smallest absolute Gasteiger partial charge is 0.337 e. The lowest BCUT2D eigenvalue weighted by atomic mass is 10.1. The molecule has 0 amide bonds. The summed E-state index contributed by atoms with van der Waals surface area (Å²) < 4.78 is 25.3. The average Bonchev–Trinajstić information content (AvgIpc) is 2.08.